The molecule has 0 aliphatic heterocycles. The normalized spacial score (nSPS) is 10.8. The Morgan fingerprint density at radius 2 is 1.92 bits per heavy atom. The average Bonchev–Trinajstić information content (AvgIpc) is 1.81. The minimum atomic E-state index is -0.994. The predicted octanol–water partition coefficient (Wildman–Crippen LogP) is 0.0980. The number of nitrogens with two attached hydrogens (primary N) is 1. The lowest BCUT2D eigenvalue weighted by molar-refractivity contribution is -0.132. The maximum Gasteiger partial charge on any atom is 0.434 e. The number of amides is 2. The molecule has 0 aliphatic rings. The molecule has 0 heterocycles. The van der Waals surface area contributed by atoms with Gasteiger partial charge in [-0.3, -0.25) is 10.0 Å². The lowest BCUT2D eigenvalue weighted by Crippen LogP contribution is -2.39. The Morgan fingerprint density at radius 1 is 1.46 bits per heavy atom. The molecular formula is C7H14N2O4. The van der Waals surface area contributed by atoms with E-state index in [2.05, 4.69) is 0 Å². The van der Waals surface area contributed by atoms with Crippen LogP contribution in [0.5, 0.6) is 0 Å². The number of primary amides is 1. The molecule has 0 aromatic carbocycles. The molecule has 0 fully saturated rings. The van der Waals surface area contributed by atoms with Crippen LogP contribution in [-0.2, 0) is 9.53 Å². The molecule has 0 bridgehead atoms. The van der Waals surface area contributed by atoms with Crippen molar-refractivity contribution >= 4 is 12.0 Å². The van der Waals surface area contributed by atoms with Crippen LogP contribution in [0.1, 0.15) is 20.8 Å². The van der Waals surface area contributed by atoms with Crippen LogP contribution in [0.2, 0.25) is 0 Å². The number of hydrogen-bond donors (Lipinski definition) is 2. The fourth-order valence-electron chi connectivity index (χ4n) is 0.527. The van der Waals surface area contributed by atoms with Gasteiger partial charge >= 0.3 is 6.09 Å². The number of rotatable bonds is 2. The highest BCUT2D eigenvalue weighted by Gasteiger charge is 2.21. The van der Waals surface area contributed by atoms with E-state index in [1.54, 1.807) is 20.8 Å². The third-order valence-electron chi connectivity index (χ3n) is 0.910. The second kappa shape index (κ2) is 4.08. The summed E-state index contributed by atoms with van der Waals surface area (Å²) in [6.07, 6.45) is -0.994. The highest BCUT2D eigenvalue weighted by Crippen LogP contribution is 2.08. The van der Waals surface area contributed by atoms with Gasteiger partial charge in [-0.05, 0) is 20.8 Å². The number of hydrogen-bond acceptors (Lipinski definition) is 4. The van der Waals surface area contributed by atoms with Gasteiger partial charge in [-0.25, -0.2) is 4.79 Å². The van der Waals surface area contributed by atoms with E-state index in [1.807, 2.05) is 0 Å². The van der Waals surface area contributed by atoms with E-state index >= 15 is 0 Å². The predicted molar refractivity (Wildman–Crippen MR) is 43.9 cm³/mol. The number of carbonyl (C=O) groups is 2. The van der Waals surface area contributed by atoms with Crippen molar-refractivity contribution in [1.82, 2.24) is 5.06 Å². The number of carbonyl (C=O) groups excluding carboxylic acids is 2. The van der Waals surface area contributed by atoms with Crippen LogP contribution in [0.15, 0.2) is 0 Å². The van der Waals surface area contributed by atoms with Crippen molar-refractivity contribution in [3.8, 4) is 0 Å². The molecule has 0 aromatic heterocycles. The fraction of sp³-hybridized carbons (Fsp3) is 0.714. The first kappa shape index (κ1) is 11.7. The smallest absolute Gasteiger partial charge is 0.434 e. The third-order valence-corrected chi connectivity index (χ3v) is 0.910. The minimum absolute atomic E-state index is 0.133. The van der Waals surface area contributed by atoms with Crippen LogP contribution < -0.4 is 5.73 Å². The zero-order valence-corrected chi connectivity index (χ0v) is 7.90. The molecule has 6 heteroatoms. The van der Waals surface area contributed by atoms with E-state index in [0.29, 0.717) is 0 Å². The SMILES string of the molecule is CC(C)(C)OC(=O)N(O)CC(N)=O. The van der Waals surface area contributed by atoms with Crippen LogP contribution >= 0.6 is 0 Å². The first-order valence-electron chi connectivity index (χ1n) is 3.70. The monoisotopic (exact) mass is 190 g/mol. The van der Waals surface area contributed by atoms with Crippen molar-refractivity contribution in [1.29, 1.82) is 0 Å². The maximum absolute atomic E-state index is 10.9. The van der Waals surface area contributed by atoms with Crippen LogP contribution in [0.3, 0.4) is 0 Å². The van der Waals surface area contributed by atoms with Gasteiger partial charge in [0.2, 0.25) is 5.91 Å². The number of hydroxylamine groups is 2. The Kier molecular flexibility index (Phi) is 3.68. The van der Waals surface area contributed by atoms with Crippen LogP contribution in [0.4, 0.5) is 4.79 Å². The van der Waals surface area contributed by atoms with Gasteiger partial charge in [0, 0.05) is 0 Å². The summed E-state index contributed by atoms with van der Waals surface area (Å²) in [7, 11) is 0. The first-order chi connectivity index (χ1) is 5.72. The van der Waals surface area contributed by atoms with Crippen LogP contribution in [0.25, 0.3) is 0 Å². The molecular weight excluding hydrogens is 176 g/mol. The van der Waals surface area contributed by atoms with Gasteiger partial charge < -0.3 is 10.5 Å². The van der Waals surface area contributed by atoms with Gasteiger partial charge in [0.1, 0.15) is 12.1 Å². The molecule has 0 rings (SSSR count). The number of ether oxygens (including phenoxy) is 1. The molecule has 0 spiro atoms. The largest absolute Gasteiger partial charge is 0.442 e. The summed E-state index contributed by atoms with van der Waals surface area (Å²) < 4.78 is 4.73. The van der Waals surface area contributed by atoms with E-state index in [4.69, 9.17) is 15.7 Å². The van der Waals surface area contributed by atoms with E-state index in [9.17, 15) is 9.59 Å². The summed E-state index contributed by atoms with van der Waals surface area (Å²) in [5.41, 5.74) is 4.03. The van der Waals surface area contributed by atoms with Crippen molar-refractivity contribution in [2.45, 2.75) is 26.4 Å². The fourth-order valence-corrected chi connectivity index (χ4v) is 0.527. The highest BCUT2D eigenvalue weighted by molar-refractivity contribution is 5.80. The van der Waals surface area contributed by atoms with Gasteiger partial charge in [0.25, 0.3) is 0 Å². The summed E-state index contributed by atoms with van der Waals surface area (Å²) >= 11 is 0. The quantitative estimate of drug-likeness (QED) is 0.477. The lowest BCUT2D eigenvalue weighted by Gasteiger charge is -2.22. The summed E-state index contributed by atoms with van der Waals surface area (Å²) in [5.74, 6) is -0.812. The average molecular weight is 190 g/mol. The first-order valence-corrected chi connectivity index (χ1v) is 3.70. The molecule has 0 saturated carbocycles. The van der Waals surface area contributed by atoms with Crippen molar-refractivity contribution in [3.63, 3.8) is 0 Å². The Labute approximate surface area is 76.2 Å². The van der Waals surface area contributed by atoms with Gasteiger partial charge in [-0.15, -0.1) is 0 Å². The molecule has 0 aromatic rings. The molecule has 2 amide bonds. The van der Waals surface area contributed by atoms with E-state index < -0.39 is 24.1 Å². The Hall–Kier alpha value is -1.30. The minimum Gasteiger partial charge on any atom is -0.442 e. The molecule has 6 nitrogen and oxygen atoms in total. The second-order valence-electron chi connectivity index (χ2n) is 3.50. The highest BCUT2D eigenvalue weighted by atomic mass is 16.6. The summed E-state index contributed by atoms with van der Waals surface area (Å²) in [6, 6.07) is 0. The van der Waals surface area contributed by atoms with E-state index in [1.165, 1.54) is 0 Å². The number of nitrogens with zero attached hydrogens (tertiary/aromatic N) is 1. The van der Waals surface area contributed by atoms with Crippen molar-refractivity contribution in [2.75, 3.05) is 6.54 Å². The standard InChI is InChI=1S/C7H14N2O4/c1-7(2,3)13-6(11)9(12)4-5(8)10/h12H,4H2,1-3H3,(H2,8,10). The molecule has 0 saturated heterocycles. The molecule has 0 aliphatic carbocycles. The molecule has 0 atom stereocenters. The topological polar surface area (TPSA) is 92.9 Å². The zero-order chi connectivity index (χ0) is 10.6. The second-order valence-corrected chi connectivity index (χ2v) is 3.50. The van der Waals surface area contributed by atoms with Crippen molar-refractivity contribution in [2.24, 2.45) is 5.73 Å². The third kappa shape index (κ3) is 5.92. The summed E-state index contributed by atoms with van der Waals surface area (Å²) in [4.78, 5) is 21.2. The van der Waals surface area contributed by atoms with E-state index in [0.717, 1.165) is 0 Å². The maximum atomic E-state index is 10.9. The molecule has 0 unspecified atom stereocenters. The van der Waals surface area contributed by atoms with Crippen molar-refractivity contribution in [3.05, 3.63) is 0 Å². The Bertz CT molecular complexity index is 209. The Morgan fingerprint density at radius 3 is 2.23 bits per heavy atom. The summed E-state index contributed by atoms with van der Waals surface area (Å²) in [5, 5.41) is 9.04. The van der Waals surface area contributed by atoms with Gasteiger partial charge in [-0.1, -0.05) is 0 Å². The molecule has 3 N–H and O–H groups in total. The molecule has 76 valence electrons. The van der Waals surface area contributed by atoms with E-state index in [-0.39, 0.29) is 5.06 Å². The Balaban J connectivity index is 4.05. The molecule has 0 radical (unpaired) electrons. The molecule has 13 heavy (non-hydrogen) atoms. The van der Waals surface area contributed by atoms with Crippen LogP contribution in [0, 0.1) is 0 Å². The van der Waals surface area contributed by atoms with Gasteiger partial charge in [0.15, 0.2) is 0 Å². The van der Waals surface area contributed by atoms with Crippen molar-refractivity contribution < 1.29 is 19.5 Å². The van der Waals surface area contributed by atoms with Gasteiger partial charge in [0.05, 0.1) is 0 Å². The lowest BCUT2D eigenvalue weighted by atomic mass is 10.2. The summed E-state index contributed by atoms with van der Waals surface area (Å²) in [6.45, 7) is 4.35. The van der Waals surface area contributed by atoms with Gasteiger partial charge in [-0.2, -0.15) is 5.06 Å². The zero-order valence-electron chi connectivity index (χ0n) is 7.90. The van der Waals surface area contributed by atoms with Crippen LogP contribution in [-0.4, -0.2) is 34.4 Å².